The van der Waals surface area contributed by atoms with Gasteiger partial charge in [0.25, 0.3) is 5.91 Å². The maximum Gasteiger partial charge on any atom is 0.254 e. The smallest absolute Gasteiger partial charge is 0.254 e. The molecule has 150 valence electrons. The Morgan fingerprint density at radius 3 is 2.63 bits per heavy atom. The van der Waals surface area contributed by atoms with E-state index in [1.54, 1.807) is 6.07 Å². The van der Waals surface area contributed by atoms with Crippen molar-refractivity contribution in [3.8, 4) is 11.5 Å². The molecule has 6 nitrogen and oxygen atoms in total. The van der Waals surface area contributed by atoms with Gasteiger partial charge >= 0.3 is 0 Å². The highest BCUT2D eigenvalue weighted by atomic mass is 16.5. The second kappa shape index (κ2) is 8.48. The number of fused-ring (bicyclic) bond motifs is 1. The number of amides is 1. The normalized spacial score (nSPS) is 25.8. The standard InChI is InChI=1S/C21H32N2O4/c1-4-26-17-8-7-16(13-18(17)27-5-2)20(25)23-12-10-21(15-24)9-6-11-22(3)19(21)14-23/h7-8,13,19,24H,4-6,9-12,14-15H2,1-3H3/t19-,21-/m1/s1. The number of hydrogen-bond donors (Lipinski definition) is 1. The highest BCUT2D eigenvalue weighted by Gasteiger charge is 2.47. The van der Waals surface area contributed by atoms with Crippen molar-refractivity contribution in [3.63, 3.8) is 0 Å². The number of carbonyl (C=O) groups is 1. The number of aliphatic hydroxyl groups excluding tert-OH is 1. The summed E-state index contributed by atoms with van der Waals surface area (Å²) in [5.41, 5.74) is 0.552. The van der Waals surface area contributed by atoms with E-state index in [0.29, 0.717) is 43.4 Å². The van der Waals surface area contributed by atoms with Crippen LogP contribution in [0.15, 0.2) is 18.2 Å². The van der Waals surface area contributed by atoms with Gasteiger partial charge in [-0.15, -0.1) is 0 Å². The third kappa shape index (κ3) is 3.92. The third-order valence-electron chi connectivity index (χ3n) is 6.09. The van der Waals surface area contributed by atoms with Crippen LogP contribution in [-0.2, 0) is 0 Å². The molecule has 1 aromatic rings. The van der Waals surface area contributed by atoms with Gasteiger partial charge in [-0.3, -0.25) is 4.79 Å². The Labute approximate surface area is 162 Å². The molecule has 1 aromatic carbocycles. The number of carbonyl (C=O) groups excluding carboxylic acids is 1. The van der Waals surface area contributed by atoms with Gasteiger partial charge < -0.3 is 24.4 Å². The SMILES string of the molecule is CCOc1ccc(C(=O)N2CC[C@@]3(CO)CCCN(C)[C@@H]3C2)cc1OCC. The van der Waals surface area contributed by atoms with Crippen molar-refractivity contribution in [2.24, 2.45) is 5.41 Å². The second-order valence-corrected chi connectivity index (χ2v) is 7.65. The molecule has 2 aliphatic rings. The number of aliphatic hydroxyl groups is 1. The van der Waals surface area contributed by atoms with E-state index in [9.17, 15) is 9.90 Å². The van der Waals surface area contributed by atoms with Crippen molar-refractivity contribution < 1.29 is 19.4 Å². The number of benzene rings is 1. The zero-order valence-corrected chi connectivity index (χ0v) is 16.7. The van der Waals surface area contributed by atoms with Crippen LogP contribution in [0.25, 0.3) is 0 Å². The molecule has 0 aliphatic carbocycles. The summed E-state index contributed by atoms with van der Waals surface area (Å²) in [7, 11) is 2.10. The van der Waals surface area contributed by atoms with Gasteiger partial charge in [-0.25, -0.2) is 0 Å². The Bertz CT molecular complexity index is 666. The van der Waals surface area contributed by atoms with Gasteiger partial charge in [-0.1, -0.05) is 0 Å². The lowest BCUT2D eigenvalue weighted by molar-refractivity contribution is -0.0601. The average Bonchev–Trinajstić information content (AvgIpc) is 2.69. The summed E-state index contributed by atoms with van der Waals surface area (Å²) in [6.07, 6.45) is 3.00. The van der Waals surface area contributed by atoms with Crippen LogP contribution >= 0.6 is 0 Å². The molecule has 2 aliphatic heterocycles. The maximum atomic E-state index is 13.1. The average molecular weight is 376 g/mol. The number of hydrogen-bond acceptors (Lipinski definition) is 5. The number of likely N-dealkylation sites (tertiary alicyclic amines) is 2. The van der Waals surface area contributed by atoms with Crippen LogP contribution < -0.4 is 9.47 Å². The Kier molecular flexibility index (Phi) is 6.27. The third-order valence-corrected chi connectivity index (χ3v) is 6.09. The lowest BCUT2D eigenvalue weighted by Gasteiger charge is -2.53. The van der Waals surface area contributed by atoms with Crippen LogP contribution in [0.5, 0.6) is 11.5 Å². The predicted octanol–water partition coefficient (Wildman–Crippen LogP) is 2.40. The van der Waals surface area contributed by atoms with Crippen LogP contribution in [0, 0.1) is 5.41 Å². The molecule has 0 unspecified atom stereocenters. The molecule has 2 saturated heterocycles. The van der Waals surface area contributed by atoms with Crippen molar-refractivity contribution in [1.82, 2.24) is 9.80 Å². The molecule has 6 heteroatoms. The van der Waals surface area contributed by atoms with Crippen molar-refractivity contribution in [2.45, 2.75) is 39.2 Å². The molecular formula is C21H32N2O4. The molecule has 1 N–H and O–H groups in total. The first-order valence-corrected chi connectivity index (χ1v) is 10.0. The van der Waals surface area contributed by atoms with E-state index in [1.807, 2.05) is 30.9 Å². The molecule has 1 amide bonds. The molecule has 0 aromatic heterocycles. The maximum absolute atomic E-state index is 13.1. The van der Waals surface area contributed by atoms with Gasteiger partial charge in [-0.2, -0.15) is 0 Å². The highest BCUT2D eigenvalue weighted by Crippen LogP contribution is 2.42. The molecule has 3 rings (SSSR count). The van der Waals surface area contributed by atoms with E-state index in [4.69, 9.17) is 9.47 Å². The van der Waals surface area contributed by atoms with Crippen LogP contribution in [-0.4, -0.2) is 73.4 Å². The topological polar surface area (TPSA) is 62.2 Å². The highest BCUT2D eigenvalue weighted by molar-refractivity contribution is 5.95. The Morgan fingerprint density at radius 1 is 1.19 bits per heavy atom. The predicted molar refractivity (Wildman–Crippen MR) is 104 cm³/mol. The van der Waals surface area contributed by atoms with E-state index >= 15 is 0 Å². The van der Waals surface area contributed by atoms with Gasteiger partial charge in [0, 0.05) is 30.1 Å². The zero-order valence-electron chi connectivity index (χ0n) is 16.7. The molecule has 27 heavy (non-hydrogen) atoms. The summed E-state index contributed by atoms with van der Waals surface area (Å²) in [4.78, 5) is 17.4. The summed E-state index contributed by atoms with van der Waals surface area (Å²) in [6, 6.07) is 5.63. The monoisotopic (exact) mass is 376 g/mol. The van der Waals surface area contributed by atoms with Gasteiger partial charge in [0.15, 0.2) is 11.5 Å². The molecule has 0 bridgehead atoms. The van der Waals surface area contributed by atoms with Gasteiger partial charge in [-0.05, 0) is 64.9 Å². The molecule has 0 spiro atoms. The first kappa shape index (κ1) is 20.0. The van der Waals surface area contributed by atoms with E-state index in [2.05, 4.69) is 11.9 Å². The second-order valence-electron chi connectivity index (χ2n) is 7.65. The minimum Gasteiger partial charge on any atom is -0.490 e. The molecule has 0 radical (unpaired) electrons. The van der Waals surface area contributed by atoms with Crippen molar-refractivity contribution >= 4 is 5.91 Å². The van der Waals surface area contributed by atoms with E-state index in [1.165, 1.54) is 0 Å². The van der Waals surface area contributed by atoms with Crippen LogP contribution in [0.1, 0.15) is 43.5 Å². The number of rotatable bonds is 6. The van der Waals surface area contributed by atoms with Crippen LogP contribution in [0.3, 0.4) is 0 Å². The number of ether oxygens (including phenoxy) is 2. The molecule has 2 atom stereocenters. The van der Waals surface area contributed by atoms with Gasteiger partial charge in [0.1, 0.15) is 0 Å². The largest absolute Gasteiger partial charge is 0.490 e. The minimum atomic E-state index is -0.0704. The quantitative estimate of drug-likeness (QED) is 0.826. The van der Waals surface area contributed by atoms with Crippen LogP contribution in [0.2, 0.25) is 0 Å². The fraction of sp³-hybridized carbons (Fsp3) is 0.667. The summed E-state index contributed by atoms with van der Waals surface area (Å²) in [5.74, 6) is 1.30. The minimum absolute atomic E-state index is 0.0181. The molecule has 2 fully saturated rings. The zero-order chi connectivity index (χ0) is 19.4. The first-order valence-electron chi connectivity index (χ1n) is 10.0. The first-order chi connectivity index (χ1) is 13.0. The summed E-state index contributed by atoms with van der Waals surface area (Å²) < 4.78 is 11.3. The molecule has 2 heterocycles. The fourth-order valence-electron chi connectivity index (χ4n) is 4.57. The fourth-order valence-corrected chi connectivity index (χ4v) is 4.57. The molecule has 0 saturated carbocycles. The lowest BCUT2D eigenvalue weighted by atomic mass is 9.69. The van der Waals surface area contributed by atoms with Crippen molar-refractivity contribution in [3.05, 3.63) is 23.8 Å². The molecular weight excluding hydrogens is 344 g/mol. The van der Waals surface area contributed by atoms with Crippen molar-refractivity contribution in [2.75, 3.05) is 46.5 Å². The summed E-state index contributed by atoms with van der Waals surface area (Å²) in [5, 5.41) is 10.1. The summed E-state index contributed by atoms with van der Waals surface area (Å²) >= 11 is 0. The van der Waals surface area contributed by atoms with E-state index in [0.717, 1.165) is 25.8 Å². The lowest BCUT2D eigenvalue weighted by Crippen LogP contribution is -2.62. The van der Waals surface area contributed by atoms with E-state index in [-0.39, 0.29) is 24.0 Å². The number of piperidine rings is 2. The Morgan fingerprint density at radius 2 is 1.93 bits per heavy atom. The van der Waals surface area contributed by atoms with Crippen LogP contribution in [0.4, 0.5) is 0 Å². The Hall–Kier alpha value is -1.79. The summed E-state index contributed by atoms with van der Waals surface area (Å²) in [6.45, 7) is 7.48. The van der Waals surface area contributed by atoms with Crippen molar-refractivity contribution in [1.29, 1.82) is 0 Å². The van der Waals surface area contributed by atoms with Gasteiger partial charge in [0.2, 0.25) is 0 Å². The number of nitrogens with zero attached hydrogens (tertiary/aromatic N) is 2. The van der Waals surface area contributed by atoms with Gasteiger partial charge in [0.05, 0.1) is 19.8 Å². The van der Waals surface area contributed by atoms with E-state index < -0.39 is 0 Å². The number of likely N-dealkylation sites (N-methyl/N-ethyl adjacent to an activating group) is 1. The Balaban J connectivity index is 1.79.